The Labute approximate surface area is 142 Å². The molecule has 0 aliphatic heterocycles. The third kappa shape index (κ3) is 6.48. The molecule has 0 aliphatic rings. The van der Waals surface area contributed by atoms with Gasteiger partial charge in [-0.1, -0.05) is 6.07 Å². The maximum absolute atomic E-state index is 11.8. The van der Waals surface area contributed by atoms with Crippen molar-refractivity contribution in [2.24, 2.45) is 5.41 Å². The maximum Gasteiger partial charge on any atom is 0.258 e. The van der Waals surface area contributed by atoms with Gasteiger partial charge in [0.25, 0.3) is 5.91 Å². The lowest BCUT2D eigenvalue weighted by molar-refractivity contribution is -0.128. The van der Waals surface area contributed by atoms with E-state index in [2.05, 4.69) is 10.6 Å². The minimum absolute atomic E-state index is 0.0520. The minimum Gasteiger partial charge on any atom is -0.484 e. The van der Waals surface area contributed by atoms with E-state index >= 15 is 0 Å². The van der Waals surface area contributed by atoms with Crippen LogP contribution in [0.25, 0.3) is 0 Å². The number of carbonyl (C=O) groups excluding carboxylic acids is 2. The first-order chi connectivity index (χ1) is 10.8. The highest BCUT2D eigenvalue weighted by atomic mass is 35.5. The predicted octanol–water partition coefficient (Wildman–Crippen LogP) is 2.18. The second-order valence-electron chi connectivity index (χ2n) is 6.16. The summed E-state index contributed by atoms with van der Waals surface area (Å²) in [7, 11) is 0. The SMILES string of the molecule is Cc1ccc(OCC(=O)NCCNC(=O)C(C)(C)CCl)cc1C. The Bertz CT molecular complexity index is 559. The van der Waals surface area contributed by atoms with Gasteiger partial charge in [0.2, 0.25) is 5.91 Å². The van der Waals surface area contributed by atoms with Crippen LogP contribution in [-0.4, -0.2) is 37.4 Å². The van der Waals surface area contributed by atoms with Gasteiger partial charge in [0.05, 0.1) is 5.41 Å². The number of carbonyl (C=O) groups is 2. The average molecular weight is 341 g/mol. The molecule has 128 valence electrons. The zero-order valence-electron chi connectivity index (χ0n) is 14.2. The molecule has 1 rings (SSSR count). The molecule has 0 heterocycles. The van der Waals surface area contributed by atoms with Crippen LogP contribution in [0.3, 0.4) is 0 Å². The molecule has 0 fully saturated rings. The Morgan fingerprint density at radius 3 is 2.39 bits per heavy atom. The summed E-state index contributed by atoms with van der Waals surface area (Å²) >= 11 is 5.72. The van der Waals surface area contributed by atoms with Gasteiger partial charge in [-0.25, -0.2) is 0 Å². The van der Waals surface area contributed by atoms with Crippen molar-refractivity contribution in [2.45, 2.75) is 27.7 Å². The molecule has 23 heavy (non-hydrogen) atoms. The van der Waals surface area contributed by atoms with Gasteiger partial charge in [-0.05, 0) is 51.0 Å². The topological polar surface area (TPSA) is 67.4 Å². The molecule has 1 aromatic rings. The Kier molecular flexibility index (Phi) is 7.36. The lowest BCUT2D eigenvalue weighted by Crippen LogP contribution is -2.42. The molecule has 0 saturated carbocycles. The first kappa shape index (κ1) is 19.3. The molecule has 0 atom stereocenters. The van der Waals surface area contributed by atoms with Crippen LogP contribution in [0, 0.1) is 19.3 Å². The second kappa shape index (κ2) is 8.77. The molecule has 6 heteroatoms. The van der Waals surface area contributed by atoms with Crippen LogP contribution in [0.5, 0.6) is 5.75 Å². The molecule has 2 amide bonds. The summed E-state index contributed by atoms with van der Waals surface area (Å²) in [6.07, 6.45) is 0. The lowest BCUT2D eigenvalue weighted by Gasteiger charge is -2.20. The van der Waals surface area contributed by atoms with Crippen LogP contribution < -0.4 is 15.4 Å². The highest BCUT2D eigenvalue weighted by Gasteiger charge is 2.25. The number of halogens is 1. The molecule has 5 nitrogen and oxygen atoms in total. The fourth-order valence-corrected chi connectivity index (χ4v) is 1.80. The summed E-state index contributed by atoms with van der Waals surface area (Å²) in [6.45, 7) is 8.20. The molecule has 1 aromatic carbocycles. The number of aryl methyl sites for hydroxylation is 2. The minimum atomic E-state index is -0.613. The van der Waals surface area contributed by atoms with E-state index in [-0.39, 0.29) is 24.3 Å². The molecule has 0 aromatic heterocycles. The van der Waals surface area contributed by atoms with E-state index in [1.807, 2.05) is 32.0 Å². The van der Waals surface area contributed by atoms with Crippen molar-refractivity contribution >= 4 is 23.4 Å². The largest absolute Gasteiger partial charge is 0.484 e. The van der Waals surface area contributed by atoms with Crippen molar-refractivity contribution in [3.63, 3.8) is 0 Å². The van der Waals surface area contributed by atoms with Gasteiger partial charge in [0.1, 0.15) is 5.75 Å². The van der Waals surface area contributed by atoms with Crippen molar-refractivity contribution in [1.29, 1.82) is 0 Å². The summed E-state index contributed by atoms with van der Waals surface area (Å²) in [6, 6.07) is 5.69. The molecule has 0 bridgehead atoms. The fraction of sp³-hybridized carbons (Fsp3) is 0.529. The first-order valence-electron chi connectivity index (χ1n) is 7.57. The van der Waals surface area contributed by atoms with E-state index in [0.717, 1.165) is 5.56 Å². The third-order valence-corrected chi connectivity index (χ3v) is 4.20. The van der Waals surface area contributed by atoms with Crippen LogP contribution in [0.2, 0.25) is 0 Å². The van der Waals surface area contributed by atoms with Crippen molar-refractivity contribution in [2.75, 3.05) is 25.6 Å². The molecule has 0 saturated heterocycles. The van der Waals surface area contributed by atoms with Crippen LogP contribution in [-0.2, 0) is 9.59 Å². The van der Waals surface area contributed by atoms with Crippen molar-refractivity contribution < 1.29 is 14.3 Å². The van der Waals surface area contributed by atoms with E-state index in [1.54, 1.807) is 13.8 Å². The highest BCUT2D eigenvalue weighted by molar-refractivity contribution is 6.19. The number of benzene rings is 1. The first-order valence-corrected chi connectivity index (χ1v) is 8.11. The predicted molar refractivity (Wildman–Crippen MR) is 91.9 cm³/mol. The second-order valence-corrected chi connectivity index (χ2v) is 6.43. The molecular formula is C17H25ClN2O3. The summed E-state index contributed by atoms with van der Waals surface area (Å²) < 4.78 is 5.44. The van der Waals surface area contributed by atoms with Crippen molar-refractivity contribution in [3.8, 4) is 5.75 Å². The molecule has 0 aliphatic carbocycles. The summed E-state index contributed by atoms with van der Waals surface area (Å²) in [5.41, 5.74) is 1.68. The quantitative estimate of drug-likeness (QED) is 0.563. The molecule has 0 spiro atoms. The van der Waals surface area contributed by atoms with Gasteiger partial charge in [-0.3, -0.25) is 9.59 Å². The number of alkyl halides is 1. The number of ether oxygens (including phenoxy) is 1. The summed E-state index contributed by atoms with van der Waals surface area (Å²) in [5, 5.41) is 5.43. The van der Waals surface area contributed by atoms with Gasteiger partial charge < -0.3 is 15.4 Å². The third-order valence-electron chi connectivity index (χ3n) is 3.53. The zero-order chi connectivity index (χ0) is 17.5. The van der Waals surface area contributed by atoms with Crippen molar-refractivity contribution in [1.82, 2.24) is 10.6 Å². The normalized spacial score (nSPS) is 11.0. The monoisotopic (exact) mass is 340 g/mol. The molecule has 2 N–H and O–H groups in total. The van der Waals surface area contributed by atoms with E-state index in [0.29, 0.717) is 18.8 Å². The van der Waals surface area contributed by atoms with Gasteiger partial charge in [0.15, 0.2) is 6.61 Å². The van der Waals surface area contributed by atoms with E-state index in [4.69, 9.17) is 16.3 Å². The van der Waals surface area contributed by atoms with Gasteiger partial charge >= 0.3 is 0 Å². The Morgan fingerprint density at radius 2 is 1.78 bits per heavy atom. The smallest absolute Gasteiger partial charge is 0.258 e. The number of hydrogen-bond acceptors (Lipinski definition) is 3. The standard InChI is InChI=1S/C17H25ClN2O3/c1-12-5-6-14(9-13(12)2)23-10-15(21)19-7-8-20-16(22)17(3,4)11-18/h5-6,9H,7-8,10-11H2,1-4H3,(H,19,21)(H,20,22). The van der Waals surface area contributed by atoms with Crippen LogP contribution in [0.1, 0.15) is 25.0 Å². The number of amides is 2. The number of nitrogens with one attached hydrogen (secondary N) is 2. The summed E-state index contributed by atoms with van der Waals surface area (Å²) in [4.78, 5) is 23.5. The Morgan fingerprint density at radius 1 is 1.13 bits per heavy atom. The van der Waals surface area contributed by atoms with E-state index in [1.165, 1.54) is 5.56 Å². The van der Waals surface area contributed by atoms with Crippen molar-refractivity contribution in [3.05, 3.63) is 29.3 Å². The molecular weight excluding hydrogens is 316 g/mol. The van der Waals surface area contributed by atoms with Crippen LogP contribution >= 0.6 is 11.6 Å². The lowest BCUT2D eigenvalue weighted by atomic mass is 9.95. The van der Waals surface area contributed by atoms with Gasteiger partial charge in [0, 0.05) is 19.0 Å². The van der Waals surface area contributed by atoms with E-state index in [9.17, 15) is 9.59 Å². The fourth-order valence-electron chi connectivity index (χ4n) is 1.68. The number of hydrogen-bond donors (Lipinski definition) is 2. The van der Waals surface area contributed by atoms with Crippen LogP contribution in [0.4, 0.5) is 0 Å². The average Bonchev–Trinajstić information content (AvgIpc) is 2.52. The maximum atomic E-state index is 11.8. The Balaban J connectivity index is 2.25. The Hall–Kier alpha value is -1.75. The van der Waals surface area contributed by atoms with Crippen LogP contribution in [0.15, 0.2) is 18.2 Å². The highest BCUT2D eigenvalue weighted by Crippen LogP contribution is 2.17. The van der Waals surface area contributed by atoms with E-state index < -0.39 is 5.41 Å². The van der Waals surface area contributed by atoms with Gasteiger partial charge in [-0.2, -0.15) is 0 Å². The summed E-state index contributed by atoms with van der Waals surface area (Å²) in [5.74, 6) is 0.553. The van der Waals surface area contributed by atoms with Gasteiger partial charge in [-0.15, -0.1) is 11.6 Å². The number of rotatable bonds is 8. The molecule has 0 unspecified atom stereocenters. The zero-order valence-corrected chi connectivity index (χ0v) is 14.9. The molecule has 0 radical (unpaired) electrons.